The number of carbonyl (C=O) groups excluding carboxylic acids is 1. The molecule has 1 aromatic rings. The molecule has 2 heterocycles. The van der Waals surface area contributed by atoms with Gasteiger partial charge in [-0.2, -0.15) is 15.0 Å². The van der Waals surface area contributed by atoms with Gasteiger partial charge in [-0.3, -0.25) is 10.2 Å². The first kappa shape index (κ1) is 14.3. The van der Waals surface area contributed by atoms with Crippen LogP contribution >= 0.6 is 0 Å². The van der Waals surface area contributed by atoms with Crippen molar-refractivity contribution in [2.24, 2.45) is 5.84 Å². The Balaban J connectivity index is 1.85. The lowest BCUT2D eigenvalue weighted by Gasteiger charge is -2.15. The summed E-state index contributed by atoms with van der Waals surface area (Å²) in [5, 5.41) is 2.96. The van der Waals surface area contributed by atoms with Crippen molar-refractivity contribution >= 4 is 17.8 Å². The number of carbonyl (C=O) groups is 1. The Bertz CT molecular complexity index is 440. The molecule has 0 unspecified atom stereocenters. The molecule has 1 amide bonds. The van der Waals surface area contributed by atoms with Crippen LogP contribution in [0, 0.1) is 0 Å². The average Bonchev–Trinajstić information content (AvgIpc) is 3.01. The number of hydrogen-bond donors (Lipinski definition) is 3. The lowest BCUT2D eigenvalue weighted by atomic mass is 10.3. The van der Waals surface area contributed by atoms with E-state index in [1.54, 1.807) is 0 Å². The lowest BCUT2D eigenvalue weighted by Crippen LogP contribution is -2.29. The Morgan fingerprint density at radius 3 is 2.65 bits per heavy atom. The van der Waals surface area contributed by atoms with Crippen LogP contribution in [0.2, 0.25) is 0 Å². The van der Waals surface area contributed by atoms with E-state index in [2.05, 4.69) is 25.7 Å². The average molecular weight is 281 g/mol. The maximum Gasteiger partial charge on any atom is 0.322 e. The van der Waals surface area contributed by atoms with Gasteiger partial charge in [0, 0.05) is 26.1 Å². The summed E-state index contributed by atoms with van der Waals surface area (Å²) in [6.07, 6.45) is 2.59. The third-order valence-corrected chi connectivity index (χ3v) is 3.01. The smallest absolute Gasteiger partial charge is 0.322 e. The third-order valence-electron chi connectivity index (χ3n) is 3.01. The van der Waals surface area contributed by atoms with E-state index in [0.717, 1.165) is 25.9 Å². The number of hydrogen-bond acceptors (Lipinski definition) is 8. The monoisotopic (exact) mass is 281 g/mol. The minimum Gasteiger partial charge on any atom is -0.467 e. The van der Waals surface area contributed by atoms with Crippen LogP contribution in [-0.4, -0.2) is 52.5 Å². The molecule has 9 nitrogen and oxygen atoms in total. The zero-order valence-corrected chi connectivity index (χ0v) is 11.4. The van der Waals surface area contributed by atoms with Crippen LogP contribution in [0.5, 0.6) is 6.01 Å². The summed E-state index contributed by atoms with van der Waals surface area (Å²) < 4.78 is 4.93. The van der Waals surface area contributed by atoms with Crippen LogP contribution in [0.15, 0.2) is 0 Å². The highest BCUT2D eigenvalue weighted by Gasteiger charge is 2.17. The zero-order valence-electron chi connectivity index (χ0n) is 11.4. The van der Waals surface area contributed by atoms with E-state index < -0.39 is 0 Å². The molecule has 2 rings (SSSR count). The molecular formula is C11H19N7O2. The van der Waals surface area contributed by atoms with Crippen LogP contribution in [0.4, 0.5) is 11.9 Å². The van der Waals surface area contributed by atoms with Gasteiger partial charge in [0.05, 0.1) is 7.11 Å². The summed E-state index contributed by atoms with van der Waals surface area (Å²) in [5.41, 5.74) is 2.33. The predicted octanol–water partition coefficient (Wildman–Crippen LogP) is -0.410. The number of methoxy groups -OCH3 is 1. The maximum absolute atomic E-state index is 11.9. The summed E-state index contributed by atoms with van der Waals surface area (Å²) in [5.74, 6) is 5.92. The molecule has 0 bridgehead atoms. The van der Waals surface area contributed by atoms with E-state index in [9.17, 15) is 4.79 Å². The van der Waals surface area contributed by atoms with Crippen molar-refractivity contribution in [2.45, 2.75) is 19.3 Å². The van der Waals surface area contributed by atoms with Gasteiger partial charge in [0.15, 0.2) is 0 Å². The molecule has 1 saturated heterocycles. The van der Waals surface area contributed by atoms with E-state index >= 15 is 0 Å². The van der Waals surface area contributed by atoms with E-state index in [0.29, 0.717) is 18.9 Å². The van der Waals surface area contributed by atoms with Gasteiger partial charge in [-0.15, -0.1) is 0 Å². The van der Waals surface area contributed by atoms with Crippen molar-refractivity contribution in [3.63, 3.8) is 0 Å². The number of nitrogen functional groups attached to an aromatic ring is 1. The molecule has 0 aliphatic carbocycles. The van der Waals surface area contributed by atoms with Crippen LogP contribution in [0.1, 0.15) is 19.3 Å². The molecule has 0 atom stereocenters. The Hall–Kier alpha value is -2.16. The second-order valence-electron chi connectivity index (χ2n) is 4.38. The lowest BCUT2D eigenvalue weighted by molar-refractivity contribution is -0.129. The standard InChI is InChI=1S/C11H19N7O2/c1-20-11-15-9(14-10(16-11)17-12)13-5-4-8(19)18-6-2-3-7-18/h2-7,12H2,1H3,(H2,13,14,15,16,17). The zero-order chi connectivity index (χ0) is 14.4. The van der Waals surface area contributed by atoms with Crippen molar-refractivity contribution in [1.82, 2.24) is 19.9 Å². The van der Waals surface area contributed by atoms with Crippen LogP contribution in [-0.2, 0) is 4.79 Å². The van der Waals surface area contributed by atoms with Crippen molar-refractivity contribution in [3.8, 4) is 6.01 Å². The number of ether oxygens (including phenoxy) is 1. The number of nitrogens with zero attached hydrogens (tertiary/aromatic N) is 4. The minimum atomic E-state index is 0.146. The molecule has 0 radical (unpaired) electrons. The molecule has 1 fully saturated rings. The fourth-order valence-corrected chi connectivity index (χ4v) is 2.00. The molecule has 0 spiro atoms. The summed E-state index contributed by atoms with van der Waals surface area (Å²) in [6.45, 7) is 2.17. The fourth-order valence-electron chi connectivity index (χ4n) is 2.00. The number of amides is 1. The summed E-state index contributed by atoms with van der Waals surface area (Å²) in [4.78, 5) is 25.7. The maximum atomic E-state index is 11.9. The van der Waals surface area contributed by atoms with Gasteiger partial charge >= 0.3 is 6.01 Å². The number of aromatic nitrogens is 3. The Morgan fingerprint density at radius 1 is 1.30 bits per heavy atom. The highest BCUT2D eigenvalue weighted by Crippen LogP contribution is 2.11. The highest BCUT2D eigenvalue weighted by molar-refractivity contribution is 5.76. The molecule has 9 heteroatoms. The van der Waals surface area contributed by atoms with Gasteiger partial charge in [0.2, 0.25) is 17.8 Å². The predicted molar refractivity (Wildman–Crippen MR) is 73.1 cm³/mol. The molecule has 0 saturated carbocycles. The molecule has 0 aromatic carbocycles. The minimum absolute atomic E-state index is 0.146. The number of anilines is 2. The third kappa shape index (κ3) is 3.67. The first-order valence-corrected chi connectivity index (χ1v) is 6.51. The van der Waals surface area contributed by atoms with Crippen LogP contribution < -0.4 is 21.3 Å². The first-order chi connectivity index (χ1) is 9.72. The van der Waals surface area contributed by atoms with Gasteiger partial charge in [0.25, 0.3) is 0 Å². The van der Waals surface area contributed by atoms with Crippen molar-refractivity contribution in [3.05, 3.63) is 0 Å². The largest absolute Gasteiger partial charge is 0.467 e. The topological polar surface area (TPSA) is 118 Å². The number of likely N-dealkylation sites (tertiary alicyclic amines) is 1. The molecule has 1 aliphatic heterocycles. The second-order valence-corrected chi connectivity index (χ2v) is 4.38. The van der Waals surface area contributed by atoms with E-state index in [1.807, 2.05) is 4.90 Å². The Kier molecular flexibility index (Phi) is 4.88. The first-order valence-electron chi connectivity index (χ1n) is 6.51. The van der Waals surface area contributed by atoms with Crippen LogP contribution in [0.3, 0.4) is 0 Å². The normalized spacial score (nSPS) is 14.2. The number of rotatable bonds is 6. The van der Waals surface area contributed by atoms with Gasteiger partial charge in [0.1, 0.15) is 0 Å². The molecule has 1 aromatic heterocycles. The number of hydrazine groups is 1. The molecular weight excluding hydrogens is 262 g/mol. The Morgan fingerprint density at radius 2 is 2.00 bits per heavy atom. The van der Waals surface area contributed by atoms with E-state index in [4.69, 9.17) is 10.6 Å². The van der Waals surface area contributed by atoms with E-state index in [-0.39, 0.29) is 17.9 Å². The highest BCUT2D eigenvalue weighted by atomic mass is 16.5. The van der Waals surface area contributed by atoms with Gasteiger partial charge in [-0.05, 0) is 12.8 Å². The van der Waals surface area contributed by atoms with E-state index in [1.165, 1.54) is 7.11 Å². The second kappa shape index (κ2) is 6.85. The molecule has 110 valence electrons. The Labute approximate surface area is 116 Å². The number of nitrogens with two attached hydrogens (primary N) is 1. The van der Waals surface area contributed by atoms with Gasteiger partial charge in [-0.1, -0.05) is 0 Å². The van der Waals surface area contributed by atoms with Gasteiger partial charge < -0.3 is 15.0 Å². The molecule has 1 aliphatic rings. The molecule has 20 heavy (non-hydrogen) atoms. The fraction of sp³-hybridized carbons (Fsp3) is 0.636. The van der Waals surface area contributed by atoms with Crippen molar-refractivity contribution in [2.75, 3.05) is 37.5 Å². The quantitative estimate of drug-likeness (QED) is 0.475. The summed E-state index contributed by atoms with van der Waals surface area (Å²) in [6, 6.07) is 0.154. The summed E-state index contributed by atoms with van der Waals surface area (Å²) >= 11 is 0. The number of nitrogens with one attached hydrogen (secondary N) is 2. The molecule has 4 N–H and O–H groups in total. The van der Waals surface area contributed by atoms with Crippen LogP contribution in [0.25, 0.3) is 0 Å². The SMILES string of the molecule is COc1nc(NN)nc(NCCC(=O)N2CCCC2)n1. The van der Waals surface area contributed by atoms with Gasteiger partial charge in [-0.25, -0.2) is 5.84 Å². The van der Waals surface area contributed by atoms with Crippen molar-refractivity contribution in [1.29, 1.82) is 0 Å². The van der Waals surface area contributed by atoms with Crippen molar-refractivity contribution < 1.29 is 9.53 Å². The summed E-state index contributed by atoms with van der Waals surface area (Å²) in [7, 11) is 1.45.